The van der Waals surface area contributed by atoms with Crippen LogP contribution in [0.2, 0.25) is 5.02 Å². The summed E-state index contributed by atoms with van der Waals surface area (Å²) in [6.45, 7) is 4.02. The third-order valence-electron chi connectivity index (χ3n) is 4.70. The van der Waals surface area contributed by atoms with Crippen molar-refractivity contribution in [2.75, 3.05) is 6.61 Å². The van der Waals surface area contributed by atoms with Gasteiger partial charge in [-0.15, -0.1) is 0 Å². The summed E-state index contributed by atoms with van der Waals surface area (Å²) < 4.78 is 5.17. The second-order valence-electron chi connectivity index (χ2n) is 6.53. The van der Waals surface area contributed by atoms with E-state index in [1.165, 1.54) is 0 Å². The first-order valence-corrected chi connectivity index (χ1v) is 9.11. The second-order valence-corrected chi connectivity index (χ2v) is 6.97. The summed E-state index contributed by atoms with van der Waals surface area (Å²) in [5.41, 5.74) is 3.97. The number of carbonyl (C=O) groups is 2. The fourth-order valence-corrected chi connectivity index (χ4v) is 3.60. The van der Waals surface area contributed by atoms with Gasteiger partial charge in [-0.25, -0.2) is 0 Å². The third-order valence-corrected chi connectivity index (χ3v) is 4.94. The van der Waals surface area contributed by atoms with Gasteiger partial charge in [-0.05, 0) is 55.2 Å². The Morgan fingerprint density at radius 1 is 1.19 bits per heavy atom. The standard InChI is InChI=1S/C22H21ClO3/c1-3-26-22(25)21-19(16-5-4-6-18(23)11-16)12-17(13-20(21)24)15-9-7-14(2)8-10-15/h4-11,13,19,21H,3,12H2,1-2H3. The average Bonchev–Trinajstić information content (AvgIpc) is 2.61. The minimum absolute atomic E-state index is 0.213. The van der Waals surface area contributed by atoms with Crippen LogP contribution in [0.3, 0.4) is 0 Å². The Bertz CT molecular complexity index is 852. The van der Waals surface area contributed by atoms with E-state index in [9.17, 15) is 9.59 Å². The summed E-state index contributed by atoms with van der Waals surface area (Å²) in [7, 11) is 0. The van der Waals surface area contributed by atoms with Crippen molar-refractivity contribution >= 4 is 28.9 Å². The molecule has 2 aromatic rings. The van der Waals surface area contributed by atoms with E-state index in [0.717, 1.165) is 22.3 Å². The molecule has 0 amide bonds. The van der Waals surface area contributed by atoms with Gasteiger partial charge in [-0.3, -0.25) is 9.59 Å². The number of rotatable bonds is 4. The highest BCUT2D eigenvalue weighted by Crippen LogP contribution is 2.40. The topological polar surface area (TPSA) is 43.4 Å². The second kappa shape index (κ2) is 7.88. The summed E-state index contributed by atoms with van der Waals surface area (Å²) >= 11 is 6.14. The smallest absolute Gasteiger partial charge is 0.317 e. The lowest BCUT2D eigenvalue weighted by atomic mass is 9.73. The molecular weight excluding hydrogens is 348 g/mol. The Hall–Kier alpha value is -2.39. The fourth-order valence-electron chi connectivity index (χ4n) is 3.40. The lowest BCUT2D eigenvalue weighted by Crippen LogP contribution is -2.34. The van der Waals surface area contributed by atoms with Crippen LogP contribution in [0.1, 0.15) is 36.0 Å². The van der Waals surface area contributed by atoms with Crippen molar-refractivity contribution in [2.45, 2.75) is 26.2 Å². The van der Waals surface area contributed by atoms with Crippen LogP contribution < -0.4 is 0 Å². The van der Waals surface area contributed by atoms with E-state index >= 15 is 0 Å². The fraction of sp³-hybridized carbons (Fsp3) is 0.273. The number of hydrogen-bond acceptors (Lipinski definition) is 3. The molecule has 0 aliphatic heterocycles. The zero-order valence-corrected chi connectivity index (χ0v) is 15.6. The normalized spacial score (nSPS) is 19.8. The van der Waals surface area contributed by atoms with Crippen LogP contribution >= 0.6 is 11.6 Å². The average molecular weight is 369 g/mol. The Labute approximate surface area is 158 Å². The molecule has 4 heteroatoms. The van der Waals surface area contributed by atoms with Gasteiger partial charge >= 0.3 is 5.97 Å². The molecule has 2 aromatic carbocycles. The monoisotopic (exact) mass is 368 g/mol. The van der Waals surface area contributed by atoms with Crippen molar-refractivity contribution in [1.82, 2.24) is 0 Å². The maximum Gasteiger partial charge on any atom is 0.317 e. The van der Waals surface area contributed by atoms with Crippen LogP contribution in [0.15, 0.2) is 54.6 Å². The number of benzene rings is 2. The highest BCUT2D eigenvalue weighted by Gasteiger charge is 2.39. The number of aryl methyl sites for hydroxylation is 1. The van der Waals surface area contributed by atoms with Crippen LogP contribution in [0.25, 0.3) is 5.57 Å². The Morgan fingerprint density at radius 2 is 1.92 bits per heavy atom. The molecular formula is C22H21ClO3. The number of carbonyl (C=O) groups excluding carboxylic acids is 2. The van der Waals surface area contributed by atoms with E-state index in [0.29, 0.717) is 11.4 Å². The highest BCUT2D eigenvalue weighted by molar-refractivity contribution is 6.30. The maximum atomic E-state index is 12.8. The van der Waals surface area contributed by atoms with E-state index in [1.807, 2.05) is 49.4 Å². The van der Waals surface area contributed by atoms with E-state index in [2.05, 4.69) is 0 Å². The van der Waals surface area contributed by atoms with Gasteiger partial charge in [0.25, 0.3) is 0 Å². The molecule has 2 unspecified atom stereocenters. The molecule has 0 fully saturated rings. The molecule has 0 heterocycles. The number of allylic oxidation sites excluding steroid dienone is 2. The Morgan fingerprint density at radius 3 is 2.58 bits per heavy atom. The van der Waals surface area contributed by atoms with Gasteiger partial charge in [0.15, 0.2) is 5.78 Å². The summed E-state index contributed by atoms with van der Waals surface area (Å²) in [5, 5.41) is 0.587. The van der Waals surface area contributed by atoms with Crippen LogP contribution in [-0.4, -0.2) is 18.4 Å². The van der Waals surface area contributed by atoms with E-state index in [-0.39, 0.29) is 18.3 Å². The minimum atomic E-state index is -0.831. The molecule has 0 bridgehead atoms. The summed E-state index contributed by atoms with van der Waals surface area (Å²) in [4.78, 5) is 25.3. The number of hydrogen-bond donors (Lipinski definition) is 0. The zero-order valence-electron chi connectivity index (χ0n) is 14.9. The van der Waals surface area contributed by atoms with Crippen molar-refractivity contribution in [3.05, 3.63) is 76.3 Å². The molecule has 26 heavy (non-hydrogen) atoms. The number of esters is 1. The van der Waals surface area contributed by atoms with Gasteiger partial charge in [-0.2, -0.15) is 0 Å². The Balaban J connectivity index is 2.02. The first kappa shape index (κ1) is 18.4. The molecule has 0 N–H and O–H groups in total. The zero-order chi connectivity index (χ0) is 18.7. The molecule has 0 saturated heterocycles. The number of ether oxygens (including phenoxy) is 1. The molecule has 3 rings (SSSR count). The molecule has 1 aliphatic rings. The van der Waals surface area contributed by atoms with Crippen molar-refractivity contribution in [3.63, 3.8) is 0 Å². The molecule has 0 radical (unpaired) electrons. The summed E-state index contributed by atoms with van der Waals surface area (Å²) in [6.07, 6.45) is 2.17. The van der Waals surface area contributed by atoms with Gasteiger partial charge < -0.3 is 4.74 Å². The van der Waals surface area contributed by atoms with Crippen LogP contribution in [0.4, 0.5) is 0 Å². The molecule has 0 aromatic heterocycles. The number of halogens is 1. The van der Waals surface area contributed by atoms with Crippen molar-refractivity contribution in [2.24, 2.45) is 5.92 Å². The minimum Gasteiger partial charge on any atom is -0.465 e. The van der Waals surface area contributed by atoms with Crippen LogP contribution in [0.5, 0.6) is 0 Å². The van der Waals surface area contributed by atoms with Gasteiger partial charge in [0, 0.05) is 10.9 Å². The van der Waals surface area contributed by atoms with Crippen LogP contribution in [-0.2, 0) is 14.3 Å². The molecule has 134 valence electrons. The summed E-state index contributed by atoms with van der Waals surface area (Å²) in [6, 6.07) is 15.4. The van der Waals surface area contributed by atoms with E-state index in [1.54, 1.807) is 19.1 Å². The quantitative estimate of drug-likeness (QED) is 0.565. The molecule has 1 aliphatic carbocycles. The Kier molecular flexibility index (Phi) is 5.58. The third kappa shape index (κ3) is 3.88. The van der Waals surface area contributed by atoms with Gasteiger partial charge in [-0.1, -0.05) is 53.6 Å². The lowest BCUT2D eigenvalue weighted by Gasteiger charge is -2.29. The molecule has 3 nitrogen and oxygen atoms in total. The predicted molar refractivity (Wildman–Crippen MR) is 103 cm³/mol. The van der Waals surface area contributed by atoms with E-state index in [4.69, 9.17) is 16.3 Å². The van der Waals surface area contributed by atoms with Crippen molar-refractivity contribution in [1.29, 1.82) is 0 Å². The van der Waals surface area contributed by atoms with E-state index < -0.39 is 11.9 Å². The predicted octanol–water partition coefficient (Wildman–Crippen LogP) is 4.97. The molecule has 0 spiro atoms. The number of ketones is 1. The van der Waals surface area contributed by atoms with Gasteiger partial charge in [0.1, 0.15) is 5.92 Å². The highest BCUT2D eigenvalue weighted by atomic mass is 35.5. The molecule has 2 atom stereocenters. The first-order chi connectivity index (χ1) is 12.5. The summed E-state index contributed by atoms with van der Waals surface area (Å²) in [5.74, 6) is -1.80. The van der Waals surface area contributed by atoms with Crippen LogP contribution in [0, 0.1) is 12.8 Å². The largest absolute Gasteiger partial charge is 0.465 e. The first-order valence-electron chi connectivity index (χ1n) is 8.73. The van der Waals surface area contributed by atoms with Crippen molar-refractivity contribution < 1.29 is 14.3 Å². The lowest BCUT2D eigenvalue weighted by molar-refractivity contribution is -0.151. The SMILES string of the molecule is CCOC(=O)C1C(=O)C=C(c2ccc(C)cc2)CC1c1cccc(Cl)c1. The van der Waals surface area contributed by atoms with Crippen molar-refractivity contribution in [3.8, 4) is 0 Å². The maximum absolute atomic E-state index is 12.8. The molecule has 0 saturated carbocycles. The van der Waals surface area contributed by atoms with Gasteiger partial charge in [0.05, 0.1) is 6.61 Å². The van der Waals surface area contributed by atoms with Gasteiger partial charge in [0.2, 0.25) is 0 Å².